The Bertz CT molecular complexity index is 741. The number of piperidine rings is 1. The molecule has 1 amide bonds. The van der Waals surface area contributed by atoms with Crippen molar-refractivity contribution < 1.29 is 14.6 Å². The minimum atomic E-state index is -0.0739. The third-order valence-electron chi connectivity index (χ3n) is 5.13. The Morgan fingerprint density at radius 1 is 1.36 bits per heavy atom. The molecule has 0 bridgehead atoms. The van der Waals surface area contributed by atoms with Crippen molar-refractivity contribution in [2.75, 3.05) is 33.4 Å². The molecule has 1 aromatic carbocycles. The number of hydrogen-bond donors (Lipinski definition) is 2. The first-order valence-electron chi connectivity index (χ1n) is 8.90. The number of methoxy groups -OCH3 is 1. The fourth-order valence-corrected chi connectivity index (χ4v) is 3.64. The zero-order valence-corrected chi connectivity index (χ0v) is 15.0. The molecule has 0 saturated carbocycles. The number of fused-ring (bicyclic) bond motifs is 1. The smallest absolute Gasteiger partial charge is 0.267 e. The molecule has 0 spiro atoms. The summed E-state index contributed by atoms with van der Waals surface area (Å²) in [5, 5.41) is 13.5. The number of benzene rings is 1. The molecule has 1 saturated heterocycles. The number of hydrogen-bond acceptors (Lipinski definition) is 4. The van der Waals surface area contributed by atoms with Crippen molar-refractivity contribution in [1.82, 2.24) is 14.8 Å². The first-order chi connectivity index (χ1) is 12.1. The molecule has 1 aliphatic heterocycles. The lowest BCUT2D eigenvalue weighted by Gasteiger charge is -2.34. The third-order valence-corrected chi connectivity index (χ3v) is 5.13. The summed E-state index contributed by atoms with van der Waals surface area (Å²) < 4.78 is 7.15. The van der Waals surface area contributed by atoms with Crippen LogP contribution < -0.4 is 10.1 Å². The predicted octanol–water partition coefficient (Wildman–Crippen LogP) is 1.76. The molecule has 3 rings (SSSR count). The number of carbonyl (C=O) groups is 1. The summed E-state index contributed by atoms with van der Waals surface area (Å²) in [6.07, 6.45) is 3.37. The van der Waals surface area contributed by atoms with Gasteiger partial charge in [0.05, 0.1) is 13.7 Å². The Morgan fingerprint density at radius 3 is 2.96 bits per heavy atom. The van der Waals surface area contributed by atoms with E-state index in [-0.39, 0.29) is 18.6 Å². The van der Waals surface area contributed by atoms with Crippen LogP contribution in [-0.4, -0.2) is 59.9 Å². The van der Waals surface area contributed by atoms with Crippen molar-refractivity contribution in [3.8, 4) is 5.75 Å². The lowest BCUT2D eigenvalue weighted by Crippen LogP contribution is -2.45. The summed E-state index contributed by atoms with van der Waals surface area (Å²) in [5.41, 5.74) is 1.64. The summed E-state index contributed by atoms with van der Waals surface area (Å²) in [6, 6.07) is 7.92. The van der Waals surface area contributed by atoms with Gasteiger partial charge in [0.2, 0.25) is 0 Å². The highest BCUT2D eigenvalue weighted by molar-refractivity contribution is 5.99. The molecular weight excluding hydrogens is 318 g/mol. The van der Waals surface area contributed by atoms with Gasteiger partial charge in [0, 0.05) is 37.1 Å². The Hall–Kier alpha value is -2.05. The molecule has 136 valence electrons. The van der Waals surface area contributed by atoms with E-state index >= 15 is 0 Å². The summed E-state index contributed by atoms with van der Waals surface area (Å²) in [6.45, 7) is 2.54. The van der Waals surface area contributed by atoms with E-state index in [0.29, 0.717) is 12.2 Å². The van der Waals surface area contributed by atoms with Crippen molar-refractivity contribution in [2.45, 2.75) is 25.3 Å². The van der Waals surface area contributed by atoms with Crippen LogP contribution in [0.1, 0.15) is 29.8 Å². The summed E-state index contributed by atoms with van der Waals surface area (Å²) in [4.78, 5) is 14.8. The maximum absolute atomic E-state index is 12.6. The summed E-state index contributed by atoms with van der Waals surface area (Å²) in [5.74, 6) is 0.709. The van der Waals surface area contributed by atoms with Gasteiger partial charge in [-0.2, -0.15) is 0 Å². The highest BCUT2D eigenvalue weighted by Gasteiger charge is 2.21. The van der Waals surface area contributed by atoms with Gasteiger partial charge in [-0.3, -0.25) is 9.69 Å². The molecule has 0 unspecified atom stereocenters. The lowest BCUT2D eigenvalue weighted by molar-refractivity contribution is 0.0845. The van der Waals surface area contributed by atoms with E-state index in [1.807, 2.05) is 35.9 Å². The predicted molar refractivity (Wildman–Crippen MR) is 98.1 cm³/mol. The standard InChI is InChI=1S/C19H27N3O3/c1-21-17-7-6-16(25-2)11-14(17)12-18(21)19(24)20-8-10-22-9-4-3-5-15(22)13-23/h6-7,11-12,15,23H,3-5,8-10,13H2,1-2H3,(H,20,24)/t15-/m1/s1. The summed E-state index contributed by atoms with van der Waals surface area (Å²) >= 11 is 0. The second-order valence-electron chi connectivity index (χ2n) is 6.64. The average Bonchev–Trinajstić information content (AvgIpc) is 2.98. The molecule has 2 heterocycles. The number of aromatic nitrogens is 1. The van der Waals surface area contributed by atoms with Crippen LogP contribution in [0.2, 0.25) is 0 Å². The van der Waals surface area contributed by atoms with E-state index < -0.39 is 0 Å². The van der Waals surface area contributed by atoms with E-state index in [4.69, 9.17) is 4.74 Å². The minimum absolute atomic E-state index is 0.0739. The SMILES string of the molecule is COc1ccc2c(c1)cc(C(=O)NCCN1CCCC[C@@H]1CO)n2C. The summed E-state index contributed by atoms with van der Waals surface area (Å²) in [7, 11) is 3.54. The van der Waals surface area contributed by atoms with Crippen LogP contribution in [0.3, 0.4) is 0 Å². The van der Waals surface area contributed by atoms with Gasteiger partial charge in [-0.15, -0.1) is 0 Å². The molecule has 2 N–H and O–H groups in total. The number of ether oxygens (including phenoxy) is 1. The molecule has 6 heteroatoms. The van der Waals surface area contributed by atoms with E-state index in [1.54, 1.807) is 7.11 Å². The van der Waals surface area contributed by atoms with Gasteiger partial charge in [-0.25, -0.2) is 0 Å². The van der Waals surface area contributed by atoms with Crippen LogP contribution in [0.25, 0.3) is 10.9 Å². The van der Waals surface area contributed by atoms with Gasteiger partial charge >= 0.3 is 0 Å². The Kier molecular flexibility index (Phi) is 5.60. The minimum Gasteiger partial charge on any atom is -0.497 e. The molecule has 1 atom stereocenters. The van der Waals surface area contributed by atoms with Gasteiger partial charge < -0.3 is 19.7 Å². The normalized spacial score (nSPS) is 18.4. The van der Waals surface area contributed by atoms with Crippen molar-refractivity contribution in [3.05, 3.63) is 30.0 Å². The van der Waals surface area contributed by atoms with Gasteiger partial charge in [0.15, 0.2) is 0 Å². The molecule has 6 nitrogen and oxygen atoms in total. The van der Waals surface area contributed by atoms with Crippen LogP contribution in [-0.2, 0) is 7.05 Å². The highest BCUT2D eigenvalue weighted by Crippen LogP contribution is 2.23. The maximum Gasteiger partial charge on any atom is 0.267 e. The largest absolute Gasteiger partial charge is 0.497 e. The van der Waals surface area contributed by atoms with E-state index in [0.717, 1.165) is 42.6 Å². The lowest BCUT2D eigenvalue weighted by atomic mass is 10.0. The molecule has 0 radical (unpaired) electrons. The number of carbonyl (C=O) groups excluding carboxylic acids is 1. The van der Waals surface area contributed by atoms with Crippen LogP contribution in [0.5, 0.6) is 5.75 Å². The van der Waals surface area contributed by atoms with Crippen LogP contribution in [0.15, 0.2) is 24.3 Å². The Labute approximate surface area is 148 Å². The maximum atomic E-state index is 12.6. The van der Waals surface area contributed by atoms with Crippen LogP contribution >= 0.6 is 0 Å². The number of aliphatic hydroxyl groups is 1. The fourth-order valence-electron chi connectivity index (χ4n) is 3.64. The number of nitrogens with one attached hydrogen (secondary N) is 1. The van der Waals surface area contributed by atoms with Gasteiger partial charge in [0.1, 0.15) is 11.4 Å². The van der Waals surface area contributed by atoms with Gasteiger partial charge in [-0.05, 0) is 43.7 Å². The average molecular weight is 345 g/mol. The Morgan fingerprint density at radius 2 is 2.20 bits per heavy atom. The second-order valence-corrected chi connectivity index (χ2v) is 6.64. The topological polar surface area (TPSA) is 66.7 Å². The van der Waals surface area contributed by atoms with Crippen LogP contribution in [0.4, 0.5) is 0 Å². The van der Waals surface area contributed by atoms with Crippen molar-refractivity contribution in [2.24, 2.45) is 7.05 Å². The molecule has 1 aliphatic rings. The van der Waals surface area contributed by atoms with Gasteiger partial charge in [0.25, 0.3) is 5.91 Å². The molecule has 0 aliphatic carbocycles. The van der Waals surface area contributed by atoms with Crippen molar-refractivity contribution in [3.63, 3.8) is 0 Å². The Balaban J connectivity index is 1.63. The van der Waals surface area contributed by atoms with Crippen molar-refractivity contribution in [1.29, 1.82) is 0 Å². The number of aliphatic hydroxyl groups excluding tert-OH is 1. The molecule has 1 aromatic heterocycles. The molecule has 2 aromatic rings. The zero-order chi connectivity index (χ0) is 17.8. The van der Waals surface area contributed by atoms with Gasteiger partial charge in [-0.1, -0.05) is 6.42 Å². The number of rotatable bonds is 6. The quantitative estimate of drug-likeness (QED) is 0.837. The van der Waals surface area contributed by atoms with E-state index in [2.05, 4.69) is 10.2 Å². The second kappa shape index (κ2) is 7.89. The monoisotopic (exact) mass is 345 g/mol. The zero-order valence-electron chi connectivity index (χ0n) is 15.0. The molecule has 25 heavy (non-hydrogen) atoms. The number of aryl methyl sites for hydroxylation is 1. The first-order valence-corrected chi connectivity index (χ1v) is 8.90. The van der Waals surface area contributed by atoms with Crippen LogP contribution in [0, 0.1) is 0 Å². The fraction of sp³-hybridized carbons (Fsp3) is 0.526. The highest BCUT2D eigenvalue weighted by atomic mass is 16.5. The van der Waals surface area contributed by atoms with Crippen molar-refractivity contribution >= 4 is 16.8 Å². The van der Waals surface area contributed by atoms with E-state index in [9.17, 15) is 9.90 Å². The molecule has 1 fully saturated rings. The first kappa shape index (κ1) is 17.8. The third kappa shape index (κ3) is 3.80. The number of likely N-dealkylation sites (tertiary alicyclic amines) is 1. The van der Waals surface area contributed by atoms with E-state index in [1.165, 1.54) is 6.42 Å². The number of amides is 1. The molecular formula is C19H27N3O3. The number of nitrogens with zero attached hydrogens (tertiary/aromatic N) is 2.